The molecule has 2 aromatic carbocycles. The van der Waals surface area contributed by atoms with Crippen LogP contribution in [0, 0.1) is 18.6 Å². The smallest absolute Gasteiger partial charge is 0.254 e. The summed E-state index contributed by atoms with van der Waals surface area (Å²) in [5.74, 6) is -2.17. The Kier molecular flexibility index (Phi) is 6.27. The monoisotopic (exact) mass is 420 g/mol. The minimum absolute atomic E-state index is 0.0868. The molecule has 3 rings (SSSR count). The Hall–Kier alpha value is -2.50. The predicted octanol–water partition coefficient (Wildman–Crippen LogP) is 5.82. The van der Waals surface area contributed by atoms with Crippen molar-refractivity contribution in [1.82, 2.24) is 9.88 Å². The number of carbonyl (C=O) groups is 1. The van der Waals surface area contributed by atoms with E-state index in [1.54, 1.807) is 30.6 Å². The maximum Gasteiger partial charge on any atom is 0.254 e. The zero-order valence-corrected chi connectivity index (χ0v) is 16.4. The van der Waals surface area contributed by atoms with E-state index in [-0.39, 0.29) is 18.7 Å². The van der Waals surface area contributed by atoms with Crippen molar-refractivity contribution in [2.45, 2.75) is 20.0 Å². The van der Waals surface area contributed by atoms with Gasteiger partial charge in [0.25, 0.3) is 5.91 Å². The molecule has 0 spiro atoms. The molecule has 0 bridgehead atoms. The summed E-state index contributed by atoms with van der Waals surface area (Å²) in [5, 5.41) is 0.690. The lowest BCUT2D eigenvalue weighted by Gasteiger charge is -2.24. The van der Waals surface area contributed by atoms with E-state index < -0.39 is 17.5 Å². The first-order valence-electron chi connectivity index (χ1n) is 8.42. The van der Waals surface area contributed by atoms with Gasteiger partial charge in [-0.1, -0.05) is 41.4 Å². The van der Waals surface area contributed by atoms with Gasteiger partial charge in [0.1, 0.15) is 11.6 Å². The molecule has 7 heteroatoms. The molecule has 0 radical (unpaired) electrons. The first-order valence-corrected chi connectivity index (χ1v) is 9.18. The number of carbonyl (C=O) groups excluding carboxylic acids is 1. The van der Waals surface area contributed by atoms with Gasteiger partial charge in [-0.25, -0.2) is 8.78 Å². The highest BCUT2D eigenvalue weighted by atomic mass is 35.5. The highest BCUT2D eigenvalue weighted by Gasteiger charge is 2.20. The zero-order valence-electron chi connectivity index (χ0n) is 14.9. The van der Waals surface area contributed by atoms with E-state index >= 15 is 0 Å². The second kappa shape index (κ2) is 8.67. The first kappa shape index (κ1) is 20.2. The summed E-state index contributed by atoms with van der Waals surface area (Å²) < 4.78 is 27.2. The average molecular weight is 421 g/mol. The second-order valence-electron chi connectivity index (χ2n) is 6.40. The number of halogens is 4. The first-order chi connectivity index (χ1) is 13.3. The zero-order chi connectivity index (χ0) is 20.3. The van der Waals surface area contributed by atoms with Crippen molar-refractivity contribution in [2.24, 2.45) is 0 Å². The van der Waals surface area contributed by atoms with Gasteiger partial charge >= 0.3 is 0 Å². The maximum absolute atomic E-state index is 13.6. The minimum atomic E-state index is -0.818. The SMILES string of the molecule is Cc1cncc(CN(Cc2cccc(Cl)c2Cl)C(=O)c2cc(F)cc(F)c2)c1. The van der Waals surface area contributed by atoms with Crippen LogP contribution in [0.2, 0.25) is 10.0 Å². The van der Waals surface area contributed by atoms with Gasteiger partial charge in [0.15, 0.2) is 0 Å². The normalized spacial score (nSPS) is 10.8. The standard InChI is InChI=1S/C21H16Cl2F2N2O/c1-13-5-14(10-26-9-13)11-27(12-15-3-2-4-19(22)20(15)23)21(28)16-6-17(24)8-18(25)7-16/h2-10H,11-12H2,1H3. The molecule has 144 valence electrons. The molecular formula is C21H16Cl2F2N2O. The van der Waals surface area contributed by atoms with Crippen molar-refractivity contribution in [1.29, 1.82) is 0 Å². The second-order valence-corrected chi connectivity index (χ2v) is 7.19. The highest BCUT2D eigenvalue weighted by molar-refractivity contribution is 6.42. The third kappa shape index (κ3) is 4.86. The van der Waals surface area contributed by atoms with Gasteiger partial charge in [0, 0.05) is 37.1 Å². The van der Waals surface area contributed by atoms with E-state index in [9.17, 15) is 13.6 Å². The maximum atomic E-state index is 13.6. The predicted molar refractivity (Wildman–Crippen MR) is 105 cm³/mol. The Bertz CT molecular complexity index is 1010. The molecule has 1 aromatic heterocycles. The summed E-state index contributed by atoms with van der Waals surface area (Å²) in [7, 11) is 0. The summed E-state index contributed by atoms with van der Waals surface area (Å²) >= 11 is 12.3. The van der Waals surface area contributed by atoms with Crippen molar-refractivity contribution in [3.05, 3.63) is 98.8 Å². The molecule has 0 unspecified atom stereocenters. The van der Waals surface area contributed by atoms with Crippen molar-refractivity contribution in [2.75, 3.05) is 0 Å². The molecule has 3 nitrogen and oxygen atoms in total. The van der Waals surface area contributed by atoms with Gasteiger partial charge in [-0.15, -0.1) is 0 Å². The Balaban J connectivity index is 1.97. The fraction of sp³-hybridized carbons (Fsp3) is 0.143. The summed E-state index contributed by atoms with van der Waals surface area (Å²) in [6.45, 7) is 2.19. The van der Waals surface area contributed by atoms with E-state index in [1.165, 1.54) is 4.90 Å². The Morgan fingerprint density at radius 3 is 2.43 bits per heavy atom. The Morgan fingerprint density at radius 2 is 1.75 bits per heavy atom. The Morgan fingerprint density at radius 1 is 1.04 bits per heavy atom. The number of benzene rings is 2. The van der Waals surface area contributed by atoms with Gasteiger partial charge < -0.3 is 4.90 Å². The molecule has 28 heavy (non-hydrogen) atoms. The largest absolute Gasteiger partial charge is 0.330 e. The number of amides is 1. The molecule has 0 saturated heterocycles. The van der Waals surface area contributed by atoms with Gasteiger partial charge in [-0.3, -0.25) is 9.78 Å². The number of hydrogen-bond acceptors (Lipinski definition) is 2. The van der Waals surface area contributed by atoms with Crippen LogP contribution in [-0.4, -0.2) is 15.8 Å². The third-order valence-electron chi connectivity index (χ3n) is 4.09. The topological polar surface area (TPSA) is 33.2 Å². The van der Waals surface area contributed by atoms with E-state index in [0.29, 0.717) is 15.6 Å². The molecule has 0 atom stereocenters. The summed E-state index contributed by atoms with van der Waals surface area (Å²) in [4.78, 5) is 18.6. The van der Waals surface area contributed by atoms with E-state index in [0.717, 1.165) is 29.3 Å². The number of rotatable bonds is 5. The van der Waals surface area contributed by atoms with Gasteiger partial charge in [-0.2, -0.15) is 0 Å². The molecule has 0 aliphatic rings. The van der Waals surface area contributed by atoms with E-state index in [1.807, 2.05) is 13.0 Å². The molecular weight excluding hydrogens is 405 g/mol. The fourth-order valence-electron chi connectivity index (χ4n) is 2.86. The molecule has 1 heterocycles. The lowest BCUT2D eigenvalue weighted by atomic mass is 10.1. The molecule has 0 N–H and O–H groups in total. The van der Waals surface area contributed by atoms with Crippen molar-refractivity contribution in [3.63, 3.8) is 0 Å². The van der Waals surface area contributed by atoms with Crippen LogP contribution in [-0.2, 0) is 13.1 Å². The van der Waals surface area contributed by atoms with Crippen molar-refractivity contribution in [3.8, 4) is 0 Å². The molecule has 0 aliphatic heterocycles. The lowest BCUT2D eigenvalue weighted by Crippen LogP contribution is -2.30. The van der Waals surface area contributed by atoms with Gasteiger partial charge in [0.2, 0.25) is 0 Å². The third-order valence-corrected chi connectivity index (χ3v) is 4.95. The fourth-order valence-corrected chi connectivity index (χ4v) is 3.24. The Labute approximate surface area is 171 Å². The van der Waals surface area contributed by atoms with Crippen LogP contribution >= 0.6 is 23.2 Å². The van der Waals surface area contributed by atoms with Crippen LogP contribution in [0.25, 0.3) is 0 Å². The number of aryl methyl sites for hydroxylation is 1. The van der Waals surface area contributed by atoms with Gasteiger partial charge in [0.05, 0.1) is 10.0 Å². The number of hydrogen-bond donors (Lipinski definition) is 0. The highest BCUT2D eigenvalue weighted by Crippen LogP contribution is 2.27. The van der Waals surface area contributed by atoms with E-state index in [4.69, 9.17) is 23.2 Å². The van der Waals surface area contributed by atoms with Crippen LogP contribution in [0.3, 0.4) is 0 Å². The van der Waals surface area contributed by atoms with Crippen molar-refractivity contribution >= 4 is 29.1 Å². The average Bonchev–Trinajstić information content (AvgIpc) is 2.63. The number of pyridine rings is 1. The summed E-state index contributed by atoms with van der Waals surface area (Å²) in [6, 6.07) is 9.74. The molecule has 0 saturated carbocycles. The number of aromatic nitrogens is 1. The van der Waals surface area contributed by atoms with Crippen LogP contribution in [0.5, 0.6) is 0 Å². The molecule has 0 fully saturated rings. The van der Waals surface area contributed by atoms with Crippen LogP contribution in [0.15, 0.2) is 54.9 Å². The molecule has 1 amide bonds. The minimum Gasteiger partial charge on any atom is -0.330 e. The quantitative estimate of drug-likeness (QED) is 0.520. The van der Waals surface area contributed by atoms with Gasteiger partial charge in [-0.05, 0) is 41.8 Å². The molecule has 3 aromatic rings. The van der Waals surface area contributed by atoms with Crippen molar-refractivity contribution < 1.29 is 13.6 Å². The van der Waals surface area contributed by atoms with Crippen LogP contribution in [0.1, 0.15) is 27.0 Å². The van der Waals surface area contributed by atoms with Crippen LogP contribution < -0.4 is 0 Å². The molecule has 0 aliphatic carbocycles. The van der Waals surface area contributed by atoms with E-state index in [2.05, 4.69) is 4.98 Å². The summed E-state index contributed by atoms with van der Waals surface area (Å²) in [6.07, 6.45) is 3.34. The number of nitrogens with zero attached hydrogens (tertiary/aromatic N) is 2. The lowest BCUT2D eigenvalue weighted by molar-refractivity contribution is 0.0729. The van der Waals surface area contributed by atoms with Crippen LogP contribution in [0.4, 0.5) is 8.78 Å². The summed E-state index contributed by atoms with van der Waals surface area (Å²) in [5.41, 5.74) is 2.25.